The average molecular weight is 348 g/mol. The van der Waals surface area contributed by atoms with Gasteiger partial charge in [0.1, 0.15) is 6.61 Å². The molecule has 1 N–H and O–H groups in total. The zero-order valence-electron chi connectivity index (χ0n) is 14.4. The lowest BCUT2D eigenvalue weighted by Crippen LogP contribution is -2.42. The molecule has 0 unspecified atom stereocenters. The van der Waals surface area contributed by atoms with Crippen LogP contribution in [0.1, 0.15) is 6.42 Å². The Labute approximate surface area is 135 Å². The molecule has 0 saturated carbocycles. The summed E-state index contributed by atoms with van der Waals surface area (Å²) in [5.41, 5.74) is 0. The van der Waals surface area contributed by atoms with E-state index in [1.807, 2.05) is 0 Å². The van der Waals surface area contributed by atoms with Crippen LogP contribution in [0.4, 0.5) is 4.79 Å². The van der Waals surface area contributed by atoms with Crippen molar-refractivity contribution < 1.29 is 23.2 Å². The van der Waals surface area contributed by atoms with Crippen LogP contribution < -0.4 is 5.32 Å². The maximum absolute atomic E-state index is 11.4. The number of ether oxygens (including phenoxy) is 2. The summed E-state index contributed by atoms with van der Waals surface area (Å²) in [4.78, 5) is 22.2. The van der Waals surface area contributed by atoms with E-state index in [9.17, 15) is 9.59 Å². The van der Waals surface area contributed by atoms with Crippen LogP contribution in [0.15, 0.2) is 12.7 Å². The largest absolute Gasteiger partial charge is 0.461 e. The SMILES string of the molecule is C=CC(=O)OCCNC(=O)OCCC[Si](C)(C)O[Si](C)(C)C. The first-order valence-corrected chi connectivity index (χ1v) is 14.0. The van der Waals surface area contributed by atoms with Crippen molar-refractivity contribution in [1.82, 2.24) is 5.32 Å². The molecule has 0 atom stereocenters. The van der Waals surface area contributed by atoms with Crippen molar-refractivity contribution in [3.63, 3.8) is 0 Å². The molecule has 0 aromatic rings. The van der Waals surface area contributed by atoms with Gasteiger partial charge in [-0.3, -0.25) is 0 Å². The summed E-state index contributed by atoms with van der Waals surface area (Å²) in [5.74, 6) is -0.509. The summed E-state index contributed by atoms with van der Waals surface area (Å²) in [6.07, 6.45) is 1.37. The molecule has 0 aliphatic rings. The Bertz CT molecular complexity index is 380. The van der Waals surface area contributed by atoms with Crippen LogP contribution in [0, 0.1) is 0 Å². The van der Waals surface area contributed by atoms with Crippen molar-refractivity contribution in [2.75, 3.05) is 19.8 Å². The second-order valence-corrected chi connectivity index (χ2v) is 15.6. The first-order valence-electron chi connectivity index (χ1n) is 7.46. The molecule has 0 saturated heterocycles. The normalized spacial score (nSPS) is 11.7. The zero-order valence-corrected chi connectivity index (χ0v) is 16.4. The van der Waals surface area contributed by atoms with E-state index in [1.165, 1.54) is 0 Å². The van der Waals surface area contributed by atoms with E-state index in [1.54, 1.807) is 0 Å². The predicted molar refractivity (Wildman–Crippen MR) is 91.8 cm³/mol. The lowest BCUT2D eigenvalue weighted by molar-refractivity contribution is -0.137. The molecule has 0 bridgehead atoms. The van der Waals surface area contributed by atoms with E-state index in [2.05, 4.69) is 44.6 Å². The first-order chi connectivity index (χ1) is 10.1. The molecule has 8 heteroatoms. The van der Waals surface area contributed by atoms with E-state index in [0.29, 0.717) is 6.61 Å². The minimum Gasteiger partial charge on any atom is -0.461 e. The van der Waals surface area contributed by atoms with Gasteiger partial charge in [-0.2, -0.15) is 0 Å². The van der Waals surface area contributed by atoms with Gasteiger partial charge in [0.05, 0.1) is 13.2 Å². The number of hydrogen-bond acceptors (Lipinski definition) is 5. The Morgan fingerprint density at radius 2 is 1.73 bits per heavy atom. The predicted octanol–water partition coefficient (Wildman–Crippen LogP) is 2.89. The number of rotatable bonds is 10. The van der Waals surface area contributed by atoms with Crippen LogP contribution in [0.2, 0.25) is 38.8 Å². The fraction of sp³-hybridized carbons (Fsp3) is 0.714. The minimum absolute atomic E-state index is 0.101. The van der Waals surface area contributed by atoms with E-state index in [-0.39, 0.29) is 13.2 Å². The van der Waals surface area contributed by atoms with E-state index >= 15 is 0 Å². The summed E-state index contributed by atoms with van der Waals surface area (Å²) in [6, 6.07) is 0.960. The molecule has 6 nitrogen and oxygen atoms in total. The van der Waals surface area contributed by atoms with Gasteiger partial charge in [0.25, 0.3) is 0 Å². The fourth-order valence-corrected chi connectivity index (χ4v) is 9.99. The van der Waals surface area contributed by atoms with Gasteiger partial charge >= 0.3 is 12.1 Å². The maximum Gasteiger partial charge on any atom is 0.407 e. The van der Waals surface area contributed by atoms with Gasteiger partial charge in [0, 0.05) is 6.08 Å². The van der Waals surface area contributed by atoms with Gasteiger partial charge in [-0.25, -0.2) is 9.59 Å². The van der Waals surface area contributed by atoms with Gasteiger partial charge in [-0.15, -0.1) is 0 Å². The molecule has 0 aromatic heterocycles. The third-order valence-corrected chi connectivity index (χ3v) is 8.74. The van der Waals surface area contributed by atoms with E-state index < -0.39 is 28.7 Å². The molecule has 0 spiro atoms. The van der Waals surface area contributed by atoms with Crippen LogP contribution in [0.3, 0.4) is 0 Å². The minimum atomic E-state index is -1.68. The van der Waals surface area contributed by atoms with Crippen molar-refractivity contribution in [1.29, 1.82) is 0 Å². The summed E-state index contributed by atoms with van der Waals surface area (Å²) < 4.78 is 16.0. The summed E-state index contributed by atoms with van der Waals surface area (Å²) in [6.45, 7) is 14.9. The van der Waals surface area contributed by atoms with Crippen LogP contribution in [0.25, 0.3) is 0 Å². The highest BCUT2D eigenvalue weighted by Gasteiger charge is 2.29. The maximum atomic E-state index is 11.4. The highest BCUT2D eigenvalue weighted by Crippen LogP contribution is 2.19. The Morgan fingerprint density at radius 3 is 2.27 bits per heavy atom. The average Bonchev–Trinajstić information content (AvgIpc) is 2.36. The molecule has 0 heterocycles. The van der Waals surface area contributed by atoms with E-state index in [0.717, 1.165) is 18.5 Å². The van der Waals surface area contributed by atoms with Gasteiger partial charge < -0.3 is 18.9 Å². The van der Waals surface area contributed by atoms with Crippen molar-refractivity contribution in [3.05, 3.63) is 12.7 Å². The zero-order chi connectivity index (χ0) is 17.2. The Morgan fingerprint density at radius 1 is 1.09 bits per heavy atom. The standard InChI is InChI=1S/C14H29NO5Si2/c1-7-13(16)18-11-9-15-14(17)19-10-8-12-22(5,6)20-21(2,3)4/h7H,1,8-12H2,2-6H3,(H,15,17). The van der Waals surface area contributed by atoms with Gasteiger partial charge in [-0.05, 0) is 45.2 Å². The van der Waals surface area contributed by atoms with Crippen LogP contribution in [0.5, 0.6) is 0 Å². The van der Waals surface area contributed by atoms with E-state index in [4.69, 9.17) is 13.6 Å². The summed E-state index contributed by atoms with van der Waals surface area (Å²) in [5, 5.41) is 2.51. The number of esters is 1. The number of carbonyl (C=O) groups is 2. The number of hydrogen-bond donors (Lipinski definition) is 1. The molecule has 0 aliphatic heterocycles. The van der Waals surface area contributed by atoms with Crippen LogP contribution >= 0.6 is 0 Å². The molecule has 0 rings (SSSR count). The second-order valence-electron chi connectivity index (χ2n) is 6.51. The van der Waals surface area contributed by atoms with Gasteiger partial charge in [0.2, 0.25) is 0 Å². The smallest absolute Gasteiger partial charge is 0.407 e. The third kappa shape index (κ3) is 12.6. The molecule has 128 valence electrons. The molecular weight excluding hydrogens is 318 g/mol. The molecule has 0 aliphatic carbocycles. The number of carbonyl (C=O) groups excluding carboxylic acids is 2. The third-order valence-electron chi connectivity index (χ3n) is 2.52. The molecule has 0 fully saturated rings. The molecule has 0 radical (unpaired) electrons. The first kappa shape index (κ1) is 20.9. The van der Waals surface area contributed by atoms with Crippen molar-refractivity contribution in [3.8, 4) is 0 Å². The lowest BCUT2D eigenvalue weighted by Gasteiger charge is -2.31. The number of nitrogens with one attached hydrogen (secondary N) is 1. The number of alkyl carbamates (subject to hydrolysis) is 1. The van der Waals surface area contributed by atoms with Crippen LogP contribution in [-0.2, 0) is 18.4 Å². The Balaban J connectivity index is 3.72. The van der Waals surface area contributed by atoms with Crippen molar-refractivity contribution >= 4 is 28.7 Å². The molecule has 1 amide bonds. The molecule has 22 heavy (non-hydrogen) atoms. The van der Waals surface area contributed by atoms with Crippen LogP contribution in [-0.4, -0.2) is 48.5 Å². The lowest BCUT2D eigenvalue weighted by atomic mass is 10.5. The van der Waals surface area contributed by atoms with Gasteiger partial charge in [-0.1, -0.05) is 6.58 Å². The topological polar surface area (TPSA) is 73.9 Å². The highest BCUT2D eigenvalue weighted by molar-refractivity contribution is 6.84. The Kier molecular flexibility index (Phi) is 9.30. The highest BCUT2D eigenvalue weighted by atomic mass is 28.4. The van der Waals surface area contributed by atoms with Gasteiger partial charge in [0.15, 0.2) is 16.6 Å². The molecule has 0 aromatic carbocycles. The molecular formula is C14H29NO5Si2. The monoisotopic (exact) mass is 347 g/mol. The second kappa shape index (κ2) is 9.80. The summed E-state index contributed by atoms with van der Waals surface area (Å²) >= 11 is 0. The van der Waals surface area contributed by atoms with Crippen molar-refractivity contribution in [2.45, 2.75) is 45.2 Å². The quantitative estimate of drug-likeness (QED) is 0.285. The van der Waals surface area contributed by atoms with Crippen molar-refractivity contribution in [2.24, 2.45) is 0 Å². The summed E-state index contributed by atoms with van der Waals surface area (Å²) in [7, 11) is -3.19. The number of amides is 1. The fourth-order valence-electron chi connectivity index (χ4n) is 1.96. The Hall–Kier alpha value is -1.13.